The number of fused-ring (bicyclic) bond motifs is 1. The Labute approximate surface area is 226 Å². The Morgan fingerprint density at radius 3 is 2.44 bits per heavy atom. The van der Waals surface area contributed by atoms with Crippen LogP contribution in [0, 0.1) is 0 Å². The van der Waals surface area contributed by atoms with Crippen molar-refractivity contribution in [3.63, 3.8) is 0 Å². The number of hydrogen-bond donors (Lipinski definition) is 1. The number of morpholine rings is 2. The zero-order valence-electron chi connectivity index (χ0n) is 21.7. The summed E-state index contributed by atoms with van der Waals surface area (Å²) in [5, 5.41) is 3.37. The molecule has 0 unspecified atom stereocenters. The van der Waals surface area contributed by atoms with Crippen molar-refractivity contribution < 1.29 is 19.1 Å². The van der Waals surface area contributed by atoms with Crippen LogP contribution in [0.2, 0.25) is 0 Å². The first-order valence-electron chi connectivity index (χ1n) is 13.2. The summed E-state index contributed by atoms with van der Waals surface area (Å²) in [6.45, 7) is 5.35. The number of pyridine rings is 1. The van der Waals surface area contributed by atoms with E-state index in [-0.39, 0.29) is 11.8 Å². The van der Waals surface area contributed by atoms with E-state index in [1.165, 1.54) is 0 Å². The maximum absolute atomic E-state index is 12.8. The van der Waals surface area contributed by atoms with Crippen molar-refractivity contribution in [2.45, 2.75) is 13.1 Å². The third kappa shape index (κ3) is 5.64. The van der Waals surface area contributed by atoms with Gasteiger partial charge in [0.2, 0.25) is 5.91 Å². The van der Waals surface area contributed by atoms with Crippen molar-refractivity contribution in [1.82, 2.24) is 24.3 Å². The standard InChI is InChI=1S/C28H31N7O4/c36-26(32-8-12-38-13-9-32)17-21-2-1-3-23(16-21)35-19-24(27-29-6-7-34(27)20-35)31-25-5-4-22(18-30-25)28(37)33-10-14-39-15-11-33/h1-7,16,18-19H,8-15,17,20H2,(H,30,31). The van der Waals surface area contributed by atoms with Gasteiger partial charge in [0.25, 0.3) is 5.91 Å². The Morgan fingerprint density at radius 1 is 0.923 bits per heavy atom. The molecule has 0 saturated carbocycles. The molecule has 2 fully saturated rings. The van der Waals surface area contributed by atoms with Crippen LogP contribution in [-0.4, -0.2) is 88.8 Å². The second kappa shape index (κ2) is 11.3. The number of benzene rings is 1. The number of amides is 2. The van der Waals surface area contributed by atoms with Gasteiger partial charge in [-0.1, -0.05) is 12.1 Å². The molecule has 1 aromatic carbocycles. The zero-order chi connectivity index (χ0) is 26.6. The topological polar surface area (TPSA) is 105 Å². The van der Waals surface area contributed by atoms with Gasteiger partial charge < -0.3 is 34.1 Å². The molecule has 0 radical (unpaired) electrons. The number of anilines is 2. The summed E-state index contributed by atoms with van der Waals surface area (Å²) < 4.78 is 12.8. The van der Waals surface area contributed by atoms with Crippen LogP contribution in [0.15, 0.2) is 61.2 Å². The van der Waals surface area contributed by atoms with E-state index in [1.807, 2.05) is 40.1 Å². The van der Waals surface area contributed by atoms with Crippen molar-refractivity contribution >= 4 is 29.0 Å². The first-order chi connectivity index (χ1) is 19.1. The maximum Gasteiger partial charge on any atom is 0.255 e. The van der Waals surface area contributed by atoms with Gasteiger partial charge in [0.05, 0.1) is 44.1 Å². The van der Waals surface area contributed by atoms with Gasteiger partial charge in [0, 0.05) is 56.7 Å². The molecule has 3 aliphatic rings. The largest absolute Gasteiger partial charge is 0.378 e. The molecule has 0 aliphatic carbocycles. The summed E-state index contributed by atoms with van der Waals surface area (Å²) >= 11 is 0. The predicted molar refractivity (Wildman–Crippen MR) is 145 cm³/mol. The summed E-state index contributed by atoms with van der Waals surface area (Å²) in [5.74, 6) is 1.48. The highest BCUT2D eigenvalue weighted by molar-refractivity contribution is 5.94. The van der Waals surface area contributed by atoms with Crippen molar-refractivity contribution in [2.75, 3.05) is 62.8 Å². The molecule has 0 atom stereocenters. The average molecular weight is 530 g/mol. The molecule has 0 bridgehead atoms. The minimum absolute atomic E-state index is 0.0390. The van der Waals surface area contributed by atoms with Crippen LogP contribution in [0.3, 0.4) is 0 Å². The number of imidazole rings is 1. The van der Waals surface area contributed by atoms with Crippen LogP contribution in [0.5, 0.6) is 0 Å². The molecule has 2 aromatic heterocycles. The fourth-order valence-electron chi connectivity index (χ4n) is 4.96. The van der Waals surface area contributed by atoms with Gasteiger partial charge in [0.15, 0.2) is 5.82 Å². The van der Waals surface area contributed by atoms with E-state index in [0.717, 1.165) is 22.8 Å². The van der Waals surface area contributed by atoms with Crippen molar-refractivity contribution in [3.05, 3.63) is 78.1 Å². The predicted octanol–water partition coefficient (Wildman–Crippen LogP) is 2.04. The molecule has 2 amide bonds. The first kappa shape index (κ1) is 25.1. The molecule has 0 spiro atoms. The molecular weight excluding hydrogens is 498 g/mol. The van der Waals surface area contributed by atoms with Crippen LogP contribution < -0.4 is 10.2 Å². The number of nitrogens with zero attached hydrogens (tertiary/aromatic N) is 6. The Hall–Kier alpha value is -4.22. The molecule has 11 nitrogen and oxygen atoms in total. The van der Waals surface area contributed by atoms with Crippen molar-refractivity contribution in [3.8, 4) is 0 Å². The lowest BCUT2D eigenvalue weighted by atomic mass is 10.1. The Balaban J connectivity index is 1.18. The molecule has 5 heterocycles. The Bertz CT molecular complexity index is 1360. The van der Waals surface area contributed by atoms with E-state index in [2.05, 4.69) is 26.3 Å². The van der Waals surface area contributed by atoms with Crippen LogP contribution in [0.1, 0.15) is 21.7 Å². The fraction of sp³-hybridized carbons (Fsp3) is 0.357. The molecule has 11 heteroatoms. The van der Waals surface area contributed by atoms with Crippen LogP contribution >= 0.6 is 0 Å². The molecule has 202 valence electrons. The van der Waals surface area contributed by atoms with E-state index in [1.54, 1.807) is 29.4 Å². The first-order valence-corrected chi connectivity index (χ1v) is 13.2. The van der Waals surface area contributed by atoms with Gasteiger partial charge in [-0.2, -0.15) is 0 Å². The smallest absolute Gasteiger partial charge is 0.255 e. The highest BCUT2D eigenvalue weighted by atomic mass is 16.5. The minimum Gasteiger partial charge on any atom is -0.378 e. The van der Waals surface area contributed by atoms with Gasteiger partial charge in [-0.25, -0.2) is 9.97 Å². The lowest BCUT2D eigenvalue weighted by molar-refractivity contribution is -0.134. The van der Waals surface area contributed by atoms with E-state index in [0.29, 0.717) is 77.1 Å². The minimum atomic E-state index is -0.0390. The summed E-state index contributed by atoms with van der Waals surface area (Å²) in [7, 11) is 0. The number of nitrogens with one attached hydrogen (secondary N) is 1. The summed E-state index contributed by atoms with van der Waals surface area (Å²) in [4.78, 5) is 40.3. The van der Waals surface area contributed by atoms with Crippen LogP contribution in [-0.2, 0) is 27.4 Å². The number of carbonyl (C=O) groups is 2. The van der Waals surface area contributed by atoms with E-state index in [4.69, 9.17) is 9.47 Å². The third-order valence-corrected chi connectivity index (χ3v) is 7.08. The molecule has 3 aliphatic heterocycles. The summed E-state index contributed by atoms with van der Waals surface area (Å²) in [6.07, 6.45) is 7.65. The third-order valence-electron chi connectivity index (χ3n) is 7.08. The van der Waals surface area contributed by atoms with E-state index >= 15 is 0 Å². The number of carbonyl (C=O) groups excluding carboxylic acids is 2. The molecule has 3 aromatic rings. The van der Waals surface area contributed by atoms with Gasteiger partial charge in [-0.05, 0) is 29.8 Å². The molecular formula is C28H31N7O4. The summed E-state index contributed by atoms with van der Waals surface area (Å²) in [5.41, 5.74) is 3.26. The maximum atomic E-state index is 12.8. The molecule has 2 saturated heterocycles. The number of aromatic nitrogens is 3. The number of ether oxygens (including phenoxy) is 2. The Kier molecular flexibility index (Phi) is 7.24. The highest BCUT2D eigenvalue weighted by Gasteiger charge is 2.22. The monoisotopic (exact) mass is 529 g/mol. The lowest BCUT2D eigenvalue weighted by Crippen LogP contribution is -2.41. The van der Waals surface area contributed by atoms with Crippen LogP contribution in [0.25, 0.3) is 5.70 Å². The second-order valence-electron chi connectivity index (χ2n) is 9.68. The Morgan fingerprint density at radius 2 is 1.69 bits per heavy atom. The van der Waals surface area contributed by atoms with E-state index < -0.39 is 0 Å². The van der Waals surface area contributed by atoms with Crippen molar-refractivity contribution in [2.24, 2.45) is 0 Å². The van der Waals surface area contributed by atoms with Gasteiger partial charge in [-0.15, -0.1) is 0 Å². The van der Waals surface area contributed by atoms with E-state index in [9.17, 15) is 9.59 Å². The number of rotatable bonds is 6. The van der Waals surface area contributed by atoms with Crippen molar-refractivity contribution in [1.29, 1.82) is 0 Å². The highest BCUT2D eigenvalue weighted by Crippen LogP contribution is 2.27. The molecule has 39 heavy (non-hydrogen) atoms. The molecule has 6 rings (SSSR count). The van der Waals surface area contributed by atoms with Gasteiger partial charge in [-0.3, -0.25) is 9.59 Å². The van der Waals surface area contributed by atoms with Gasteiger partial charge >= 0.3 is 0 Å². The summed E-state index contributed by atoms with van der Waals surface area (Å²) in [6, 6.07) is 11.6. The lowest BCUT2D eigenvalue weighted by Gasteiger charge is -2.29. The van der Waals surface area contributed by atoms with Crippen LogP contribution in [0.4, 0.5) is 11.5 Å². The number of hydrogen-bond acceptors (Lipinski definition) is 8. The second-order valence-corrected chi connectivity index (χ2v) is 9.68. The van der Waals surface area contributed by atoms with Gasteiger partial charge in [0.1, 0.15) is 12.5 Å². The SMILES string of the molecule is O=C(Cc1cccc(N2C=C(Nc3ccc(C(=O)N4CCOCC4)cn3)c3nccn3C2)c1)N1CCOCC1. The zero-order valence-corrected chi connectivity index (χ0v) is 21.7. The quantitative estimate of drug-likeness (QED) is 0.517. The normalized spacial score (nSPS) is 17.4. The average Bonchev–Trinajstić information content (AvgIpc) is 3.48. The fourth-order valence-corrected chi connectivity index (χ4v) is 4.96. The molecule has 1 N–H and O–H groups in total.